The molecule has 0 aliphatic carbocycles. The summed E-state index contributed by atoms with van der Waals surface area (Å²) in [5.74, 6) is 0. The summed E-state index contributed by atoms with van der Waals surface area (Å²) in [4.78, 5) is 10.9. The molecule has 0 aromatic rings. The number of carbonyl (C=O) groups excluding carboxylic acids is 1. The number of hydrogen-bond acceptors (Lipinski definition) is 3. The van der Waals surface area contributed by atoms with Gasteiger partial charge in [0, 0.05) is 6.04 Å². The molecule has 1 rings (SSSR count). The van der Waals surface area contributed by atoms with E-state index >= 15 is 0 Å². The summed E-state index contributed by atoms with van der Waals surface area (Å²) in [6.45, 7) is 2.05. The maximum absolute atomic E-state index is 10.9. The first kappa shape index (κ1) is 8.87. The highest BCUT2D eigenvalue weighted by Crippen LogP contribution is 2.04. The Kier molecular flexibility index (Phi) is 3.72. The Morgan fingerprint density at radius 2 is 2.18 bits per heavy atom. The summed E-state index contributed by atoms with van der Waals surface area (Å²) in [5, 5.41) is 6.29. The summed E-state index contributed by atoms with van der Waals surface area (Å²) in [6, 6.07) is 0.399. The maximum atomic E-state index is 10.9. The van der Waals surface area contributed by atoms with Crippen LogP contribution in [0.5, 0.6) is 0 Å². The summed E-state index contributed by atoms with van der Waals surface area (Å²) >= 11 is 1.25. The Morgan fingerprint density at radius 3 is 2.73 bits per heavy atom. The molecule has 3 nitrogen and oxygen atoms in total. The van der Waals surface area contributed by atoms with E-state index in [2.05, 4.69) is 10.6 Å². The molecule has 1 amide bonds. The molecule has 0 unspecified atom stereocenters. The number of carbonyl (C=O) groups is 1. The number of thioether (sulfide) groups is 1. The molecule has 1 aliphatic rings. The van der Waals surface area contributed by atoms with Crippen LogP contribution in [0.3, 0.4) is 0 Å². The van der Waals surface area contributed by atoms with Crippen LogP contribution < -0.4 is 10.6 Å². The standard InChI is InChI=1S/C7H14N2OS/c1-11-7(10)9-6-2-4-8-5-3-6/h6,8H,2-5H2,1H3,(H,9,10). The molecule has 1 heterocycles. The molecule has 2 N–H and O–H groups in total. The number of nitrogens with one attached hydrogen (secondary N) is 2. The lowest BCUT2D eigenvalue weighted by atomic mass is 10.1. The molecule has 0 aromatic carbocycles. The molecule has 0 bridgehead atoms. The third-order valence-electron chi connectivity index (χ3n) is 1.85. The van der Waals surface area contributed by atoms with Crippen LogP contribution in [0.25, 0.3) is 0 Å². The molecule has 0 spiro atoms. The predicted octanol–water partition coefficient (Wildman–Crippen LogP) is 0.811. The van der Waals surface area contributed by atoms with E-state index in [0.29, 0.717) is 6.04 Å². The molecule has 11 heavy (non-hydrogen) atoms. The van der Waals surface area contributed by atoms with Gasteiger partial charge in [0.05, 0.1) is 0 Å². The fourth-order valence-corrected chi connectivity index (χ4v) is 1.48. The van der Waals surface area contributed by atoms with E-state index in [-0.39, 0.29) is 5.24 Å². The zero-order valence-electron chi connectivity index (χ0n) is 6.72. The minimum Gasteiger partial charge on any atom is -0.344 e. The van der Waals surface area contributed by atoms with Gasteiger partial charge in [-0.25, -0.2) is 0 Å². The highest BCUT2D eigenvalue weighted by Gasteiger charge is 2.13. The van der Waals surface area contributed by atoms with E-state index in [1.54, 1.807) is 6.26 Å². The van der Waals surface area contributed by atoms with Crippen LogP contribution >= 0.6 is 11.8 Å². The van der Waals surface area contributed by atoms with Gasteiger partial charge in [-0.1, -0.05) is 11.8 Å². The van der Waals surface area contributed by atoms with Gasteiger partial charge in [0.2, 0.25) is 0 Å². The van der Waals surface area contributed by atoms with E-state index in [9.17, 15) is 4.79 Å². The van der Waals surface area contributed by atoms with E-state index in [4.69, 9.17) is 0 Å². The lowest BCUT2D eigenvalue weighted by molar-refractivity contribution is 0.254. The molecule has 1 aliphatic heterocycles. The fourth-order valence-electron chi connectivity index (χ4n) is 1.19. The molecular formula is C7H14N2OS. The van der Waals surface area contributed by atoms with Crippen LogP contribution in [0, 0.1) is 0 Å². The highest BCUT2D eigenvalue weighted by atomic mass is 32.2. The Hall–Kier alpha value is -0.220. The number of amides is 1. The average Bonchev–Trinajstić information content (AvgIpc) is 2.06. The van der Waals surface area contributed by atoms with E-state index in [1.165, 1.54) is 11.8 Å². The fraction of sp³-hybridized carbons (Fsp3) is 0.857. The molecule has 0 atom stereocenters. The third-order valence-corrected chi connectivity index (χ3v) is 2.34. The van der Waals surface area contributed by atoms with Gasteiger partial charge in [-0.2, -0.15) is 0 Å². The van der Waals surface area contributed by atoms with Gasteiger partial charge in [-0.15, -0.1) is 0 Å². The normalized spacial score (nSPS) is 19.7. The van der Waals surface area contributed by atoms with Crippen LogP contribution in [-0.2, 0) is 0 Å². The minimum absolute atomic E-state index is 0.0944. The zero-order chi connectivity index (χ0) is 8.10. The summed E-state index contributed by atoms with van der Waals surface area (Å²) < 4.78 is 0. The van der Waals surface area contributed by atoms with E-state index < -0.39 is 0 Å². The quantitative estimate of drug-likeness (QED) is 0.618. The number of rotatable bonds is 1. The molecule has 0 saturated carbocycles. The molecular weight excluding hydrogens is 160 g/mol. The molecule has 4 heteroatoms. The van der Waals surface area contributed by atoms with E-state index in [0.717, 1.165) is 25.9 Å². The lowest BCUT2D eigenvalue weighted by Crippen LogP contribution is -2.41. The van der Waals surface area contributed by atoms with Gasteiger partial charge < -0.3 is 10.6 Å². The van der Waals surface area contributed by atoms with Crippen molar-refractivity contribution in [1.29, 1.82) is 0 Å². The van der Waals surface area contributed by atoms with Gasteiger partial charge in [0.1, 0.15) is 0 Å². The van der Waals surface area contributed by atoms with Crippen LogP contribution in [0.1, 0.15) is 12.8 Å². The Labute approximate surface area is 71.3 Å². The second-order valence-electron chi connectivity index (χ2n) is 2.66. The molecule has 0 radical (unpaired) electrons. The van der Waals surface area contributed by atoms with Crippen molar-refractivity contribution in [2.75, 3.05) is 19.3 Å². The first-order valence-electron chi connectivity index (χ1n) is 3.88. The van der Waals surface area contributed by atoms with Crippen LogP contribution in [0.2, 0.25) is 0 Å². The van der Waals surface area contributed by atoms with Gasteiger partial charge >= 0.3 is 0 Å². The van der Waals surface area contributed by atoms with Crippen molar-refractivity contribution in [3.05, 3.63) is 0 Å². The summed E-state index contributed by atoms with van der Waals surface area (Å²) in [6.07, 6.45) is 3.93. The van der Waals surface area contributed by atoms with Crippen LogP contribution in [-0.4, -0.2) is 30.6 Å². The van der Waals surface area contributed by atoms with Crippen LogP contribution in [0.4, 0.5) is 4.79 Å². The van der Waals surface area contributed by atoms with Crippen LogP contribution in [0.15, 0.2) is 0 Å². The Balaban J connectivity index is 2.19. The SMILES string of the molecule is CSC(=O)NC1CCNCC1. The van der Waals surface area contributed by atoms with Crippen molar-refractivity contribution in [3.63, 3.8) is 0 Å². The number of piperidine rings is 1. The summed E-state index contributed by atoms with van der Waals surface area (Å²) in [7, 11) is 0. The van der Waals surface area contributed by atoms with Crippen molar-refractivity contribution in [1.82, 2.24) is 10.6 Å². The average molecular weight is 174 g/mol. The van der Waals surface area contributed by atoms with Crippen molar-refractivity contribution >= 4 is 17.0 Å². The predicted molar refractivity (Wildman–Crippen MR) is 47.9 cm³/mol. The molecule has 1 fully saturated rings. The molecule has 1 saturated heterocycles. The maximum Gasteiger partial charge on any atom is 0.278 e. The first-order valence-corrected chi connectivity index (χ1v) is 5.10. The largest absolute Gasteiger partial charge is 0.344 e. The Morgan fingerprint density at radius 1 is 1.55 bits per heavy atom. The van der Waals surface area contributed by atoms with E-state index in [1.807, 2.05) is 0 Å². The van der Waals surface area contributed by atoms with Gasteiger partial charge in [0.15, 0.2) is 0 Å². The topological polar surface area (TPSA) is 41.1 Å². The second kappa shape index (κ2) is 4.62. The number of hydrogen-bond donors (Lipinski definition) is 2. The molecule has 64 valence electrons. The molecule has 0 aromatic heterocycles. The van der Waals surface area contributed by atoms with Crippen molar-refractivity contribution in [2.45, 2.75) is 18.9 Å². The van der Waals surface area contributed by atoms with Gasteiger partial charge in [-0.05, 0) is 32.2 Å². The van der Waals surface area contributed by atoms with Gasteiger partial charge in [0.25, 0.3) is 5.24 Å². The van der Waals surface area contributed by atoms with Gasteiger partial charge in [-0.3, -0.25) is 4.79 Å². The minimum atomic E-state index is 0.0944. The first-order chi connectivity index (χ1) is 5.33. The third kappa shape index (κ3) is 3.12. The van der Waals surface area contributed by atoms with Crippen molar-refractivity contribution in [3.8, 4) is 0 Å². The van der Waals surface area contributed by atoms with Crippen molar-refractivity contribution < 1.29 is 4.79 Å². The lowest BCUT2D eigenvalue weighted by Gasteiger charge is -2.22. The second-order valence-corrected chi connectivity index (χ2v) is 3.44. The van der Waals surface area contributed by atoms with Crippen molar-refractivity contribution in [2.24, 2.45) is 0 Å². The highest BCUT2D eigenvalue weighted by molar-refractivity contribution is 8.12. The monoisotopic (exact) mass is 174 g/mol. The smallest absolute Gasteiger partial charge is 0.278 e. The zero-order valence-corrected chi connectivity index (χ0v) is 7.54. The Bertz CT molecular complexity index is 134. The summed E-state index contributed by atoms with van der Waals surface area (Å²) in [5.41, 5.74) is 0.